The van der Waals surface area contributed by atoms with E-state index >= 15 is 0 Å². The Balaban J connectivity index is 1.97. The predicted molar refractivity (Wildman–Crippen MR) is 73.3 cm³/mol. The van der Waals surface area contributed by atoms with E-state index in [1.807, 2.05) is 12.3 Å². The fourth-order valence-electron chi connectivity index (χ4n) is 1.88. The first-order valence-electron chi connectivity index (χ1n) is 6.15. The lowest BCUT2D eigenvalue weighted by Gasteiger charge is -2.17. The minimum atomic E-state index is -0.418. The lowest BCUT2D eigenvalue weighted by molar-refractivity contribution is 0.501. The molecule has 0 saturated heterocycles. The van der Waals surface area contributed by atoms with Crippen molar-refractivity contribution >= 4 is 11.3 Å². The van der Waals surface area contributed by atoms with E-state index in [1.54, 1.807) is 17.5 Å². The minimum Gasteiger partial charge on any atom is -0.309 e. The smallest absolute Gasteiger partial charge is 0.128 e. The Morgan fingerprint density at radius 2 is 2.11 bits per heavy atom. The lowest BCUT2D eigenvalue weighted by atomic mass is 10.1. The Labute approximate surface area is 115 Å². The van der Waals surface area contributed by atoms with Crippen molar-refractivity contribution in [2.45, 2.75) is 25.8 Å². The van der Waals surface area contributed by atoms with Crippen LogP contribution >= 0.6 is 11.3 Å². The maximum atomic E-state index is 13.6. The summed E-state index contributed by atoms with van der Waals surface area (Å²) in [5, 5.41) is 6.19. The average molecular weight is 282 g/mol. The quantitative estimate of drug-likeness (QED) is 0.900. The van der Waals surface area contributed by atoms with Gasteiger partial charge in [-0.1, -0.05) is 6.92 Å². The highest BCUT2D eigenvalue weighted by atomic mass is 32.1. The number of hydrogen-bond acceptors (Lipinski definition) is 3. The van der Waals surface area contributed by atoms with Gasteiger partial charge < -0.3 is 5.32 Å². The van der Waals surface area contributed by atoms with E-state index in [2.05, 4.69) is 17.2 Å². The van der Waals surface area contributed by atoms with Crippen LogP contribution in [0.4, 0.5) is 8.78 Å². The van der Waals surface area contributed by atoms with Gasteiger partial charge in [-0.3, -0.25) is 0 Å². The first-order chi connectivity index (χ1) is 9.08. The van der Waals surface area contributed by atoms with Crippen molar-refractivity contribution in [3.63, 3.8) is 0 Å². The third-order valence-corrected chi connectivity index (χ3v) is 4.03. The summed E-state index contributed by atoms with van der Waals surface area (Å²) in [4.78, 5) is 4.24. The molecule has 0 amide bonds. The molecule has 0 fully saturated rings. The van der Waals surface area contributed by atoms with E-state index in [4.69, 9.17) is 0 Å². The predicted octanol–water partition coefficient (Wildman–Crippen LogP) is 3.88. The Hall–Kier alpha value is -1.33. The highest BCUT2D eigenvalue weighted by molar-refractivity contribution is 7.09. The van der Waals surface area contributed by atoms with E-state index in [9.17, 15) is 8.78 Å². The zero-order valence-corrected chi connectivity index (χ0v) is 11.7. The van der Waals surface area contributed by atoms with E-state index in [0.29, 0.717) is 12.1 Å². The van der Waals surface area contributed by atoms with Gasteiger partial charge in [-0.05, 0) is 25.1 Å². The fourth-order valence-corrected chi connectivity index (χ4v) is 2.57. The Morgan fingerprint density at radius 3 is 2.79 bits per heavy atom. The van der Waals surface area contributed by atoms with Gasteiger partial charge in [-0.15, -0.1) is 11.3 Å². The summed E-state index contributed by atoms with van der Waals surface area (Å²) in [6.07, 6.45) is 1.77. The second-order valence-electron chi connectivity index (χ2n) is 4.57. The molecule has 1 aromatic heterocycles. The molecule has 2 unspecified atom stereocenters. The number of aromatic nitrogens is 1. The molecule has 2 rings (SSSR count). The van der Waals surface area contributed by atoms with Gasteiger partial charge in [-0.25, -0.2) is 13.8 Å². The van der Waals surface area contributed by atoms with Crippen LogP contribution in [0.15, 0.2) is 29.8 Å². The molecule has 1 aromatic carbocycles. The van der Waals surface area contributed by atoms with Crippen LogP contribution in [-0.4, -0.2) is 11.5 Å². The van der Waals surface area contributed by atoms with Gasteiger partial charge >= 0.3 is 0 Å². The first kappa shape index (κ1) is 14.1. The van der Waals surface area contributed by atoms with Gasteiger partial charge in [0.2, 0.25) is 0 Å². The summed E-state index contributed by atoms with van der Waals surface area (Å²) in [6.45, 7) is 4.55. The molecule has 0 spiro atoms. The summed E-state index contributed by atoms with van der Waals surface area (Å²) < 4.78 is 26.7. The summed E-state index contributed by atoms with van der Waals surface area (Å²) in [6, 6.07) is 3.29. The van der Waals surface area contributed by atoms with Crippen LogP contribution in [0.2, 0.25) is 0 Å². The molecule has 19 heavy (non-hydrogen) atoms. The molecular formula is C14H16F2N2S. The fraction of sp³-hybridized carbons (Fsp3) is 0.357. The van der Waals surface area contributed by atoms with Crippen molar-refractivity contribution in [3.8, 4) is 0 Å². The molecule has 5 heteroatoms. The Bertz CT molecular complexity index is 528. The van der Waals surface area contributed by atoms with Crippen LogP contribution in [0.5, 0.6) is 0 Å². The van der Waals surface area contributed by atoms with Crippen molar-refractivity contribution in [3.05, 3.63) is 52.0 Å². The van der Waals surface area contributed by atoms with Gasteiger partial charge in [0.25, 0.3) is 0 Å². The third-order valence-electron chi connectivity index (χ3n) is 3.03. The SMILES string of the molecule is CC(CNC(C)c1cc(F)ccc1F)c1nccs1. The van der Waals surface area contributed by atoms with Gasteiger partial charge in [0.05, 0.1) is 5.01 Å². The molecule has 1 heterocycles. The van der Waals surface area contributed by atoms with E-state index in [1.165, 1.54) is 6.07 Å². The minimum absolute atomic E-state index is 0.238. The van der Waals surface area contributed by atoms with E-state index in [-0.39, 0.29) is 17.8 Å². The molecule has 2 nitrogen and oxygen atoms in total. The summed E-state index contributed by atoms with van der Waals surface area (Å²) in [5.74, 6) is -0.555. The number of halogens is 2. The second-order valence-corrected chi connectivity index (χ2v) is 5.49. The largest absolute Gasteiger partial charge is 0.309 e. The highest BCUT2D eigenvalue weighted by Crippen LogP contribution is 2.21. The van der Waals surface area contributed by atoms with Crippen molar-refractivity contribution < 1.29 is 8.78 Å². The van der Waals surface area contributed by atoms with Crippen molar-refractivity contribution in [1.82, 2.24) is 10.3 Å². The average Bonchev–Trinajstić information content (AvgIpc) is 2.92. The normalized spacial score (nSPS) is 14.3. The topological polar surface area (TPSA) is 24.9 Å². The van der Waals surface area contributed by atoms with Gasteiger partial charge in [0.1, 0.15) is 11.6 Å². The second kappa shape index (κ2) is 6.21. The number of benzene rings is 1. The Kier molecular flexibility index (Phi) is 4.61. The number of rotatable bonds is 5. The standard InChI is InChI=1S/C14H16F2N2S/c1-9(14-17-5-6-19-14)8-18-10(2)12-7-11(15)3-4-13(12)16/h3-7,9-10,18H,8H2,1-2H3. The van der Waals surface area contributed by atoms with Crippen molar-refractivity contribution in [2.24, 2.45) is 0 Å². The van der Waals surface area contributed by atoms with E-state index < -0.39 is 5.82 Å². The van der Waals surface area contributed by atoms with Crippen LogP contribution < -0.4 is 5.32 Å². The van der Waals surface area contributed by atoms with Crippen LogP contribution in [-0.2, 0) is 0 Å². The maximum Gasteiger partial charge on any atom is 0.128 e. The molecule has 0 radical (unpaired) electrons. The highest BCUT2D eigenvalue weighted by Gasteiger charge is 2.14. The van der Waals surface area contributed by atoms with Gasteiger partial charge in [0.15, 0.2) is 0 Å². The van der Waals surface area contributed by atoms with Crippen LogP contribution in [0.3, 0.4) is 0 Å². The summed E-state index contributed by atoms with van der Waals surface area (Å²) in [5.41, 5.74) is 0.353. The van der Waals surface area contributed by atoms with E-state index in [0.717, 1.165) is 17.1 Å². The van der Waals surface area contributed by atoms with Crippen LogP contribution in [0.25, 0.3) is 0 Å². The van der Waals surface area contributed by atoms with Crippen LogP contribution in [0.1, 0.15) is 36.4 Å². The van der Waals surface area contributed by atoms with Gasteiger partial charge in [0, 0.05) is 35.6 Å². The first-order valence-corrected chi connectivity index (χ1v) is 7.03. The molecule has 0 saturated carbocycles. The molecule has 102 valence electrons. The number of nitrogens with one attached hydrogen (secondary N) is 1. The van der Waals surface area contributed by atoms with Gasteiger partial charge in [-0.2, -0.15) is 0 Å². The molecule has 2 atom stereocenters. The summed E-state index contributed by atoms with van der Waals surface area (Å²) >= 11 is 1.60. The molecule has 0 bridgehead atoms. The molecule has 2 aromatic rings. The molecular weight excluding hydrogens is 266 g/mol. The maximum absolute atomic E-state index is 13.6. The molecule has 0 aliphatic rings. The zero-order valence-electron chi connectivity index (χ0n) is 10.9. The molecule has 1 N–H and O–H groups in total. The number of nitrogens with zero attached hydrogens (tertiary/aromatic N) is 1. The monoisotopic (exact) mass is 282 g/mol. The van der Waals surface area contributed by atoms with Crippen molar-refractivity contribution in [2.75, 3.05) is 6.54 Å². The summed E-state index contributed by atoms with van der Waals surface area (Å²) in [7, 11) is 0. The molecule has 0 aliphatic carbocycles. The van der Waals surface area contributed by atoms with Crippen LogP contribution in [0, 0.1) is 11.6 Å². The number of thiazole rings is 1. The van der Waals surface area contributed by atoms with Crippen molar-refractivity contribution in [1.29, 1.82) is 0 Å². The lowest BCUT2D eigenvalue weighted by Crippen LogP contribution is -2.24. The molecule has 0 aliphatic heterocycles. The Morgan fingerprint density at radius 1 is 1.32 bits per heavy atom. The number of hydrogen-bond donors (Lipinski definition) is 1. The zero-order chi connectivity index (χ0) is 13.8. The third kappa shape index (κ3) is 3.58.